The van der Waals surface area contributed by atoms with Crippen LogP contribution in [0.15, 0.2) is 0 Å². The minimum Gasteiger partial charge on any atom is -0.466 e. The van der Waals surface area contributed by atoms with E-state index in [1.54, 1.807) is 0 Å². The van der Waals surface area contributed by atoms with Gasteiger partial charge in [0.25, 0.3) is 0 Å². The van der Waals surface area contributed by atoms with Gasteiger partial charge in [-0.1, -0.05) is 6.42 Å². The Hall–Kier alpha value is -1.13. The highest BCUT2D eigenvalue weighted by Crippen LogP contribution is 2.30. The molecule has 5 heteroatoms. The topological polar surface area (TPSA) is 69.4 Å². The SMILES string of the molecule is CC(=O)OCCCC[C@H]1CCCC[C@@H]1[N+](=O)[O-]. The summed E-state index contributed by atoms with van der Waals surface area (Å²) in [7, 11) is 0. The fourth-order valence-electron chi connectivity index (χ4n) is 2.53. The van der Waals surface area contributed by atoms with Crippen molar-refractivity contribution < 1.29 is 14.5 Å². The monoisotopic (exact) mass is 243 g/mol. The molecule has 0 aromatic heterocycles. The molecule has 0 heterocycles. The van der Waals surface area contributed by atoms with Crippen LogP contribution in [-0.4, -0.2) is 23.5 Å². The molecule has 98 valence electrons. The van der Waals surface area contributed by atoms with Crippen molar-refractivity contribution in [3.8, 4) is 0 Å². The zero-order valence-electron chi connectivity index (χ0n) is 10.4. The lowest BCUT2D eigenvalue weighted by atomic mass is 9.82. The summed E-state index contributed by atoms with van der Waals surface area (Å²) in [5.41, 5.74) is 0. The van der Waals surface area contributed by atoms with E-state index in [1.807, 2.05) is 0 Å². The Morgan fingerprint density at radius 1 is 1.35 bits per heavy atom. The number of esters is 1. The summed E-state index contributed by atoms with van der Waals surface area (Å²) in [4.78, 5) is 21.3. The van der Waals surface area contributed by atoms with Crippen molar-refractivity contribution in [2.24, 2.45) is 5.92 Å². The molecule has 2 atom stereocenters. The minimum atomic E-state index is -0.350. The summed E-state index contributed by atoms with van der Waals surface area (Å²) in [6.45, 7) is 1.83. The van der Waals surface area contributed by atoms with Gasteiger partial charge in [-0.15, -0.1) is 0 Å². The predicted octanol–water partition coefficient (Wildman–Crippen LogP) is 2.56. The molecule has 0 unspecified atom stereocenters. The molecular weight excluding hydrogens is 222 g/mol. The zero-order chi connectivity index (χ0) is 12.7. The van der Waals surface area contributed by atoms with E-state index in [2.05, 4.69) is 0 Å². The predicted molar refractivity (Wildman–Crippen MR) is 63.2 cm³/mol. The number of hydrogen-bond acceptors (Lipinski definition) is 4. The molecule has 17 heavy (non-hydrogen) atoms. The van der Waals surface area contributed by atoms with E-state index in [-0.39, 0.29) is 22.9 Å². The summed E-state index contributed by atoms with van der Waals surface area (Å²) >= 11 is 0. The van der Waals surface area contributed by atoms with Crippen molar-refractivity contribution in [1.82, 2.24) is 0 Å². The average Bonchev–Trinajstić information content (AvgIpc) is 2.28. The Labute approximate surface area is 102 Å². The van der Waals surface area contributed by atoms with E-state index in [0.29, 0.717) is 6.61 Å². The first-order chi connectivity index (χ1) is 8.11. The third-order valence-electron chi connectivity index (χ3n) is 3.41. The molecular formula is C12H21NO4. The number of unbranched alkanes of at least 4 members (excludes halogenated alkanes) is 1. The Morgan fingerprint density at radius 2 is 2.06 bits per heavy atom. The number of rotatable bonds is 6. The molecule has 0 bridgehead atoms. The third kappa shape index (κ3) is 5.15. The molecule has 0 aliphatic heterocycles. The van der Waals surface area contributed by atoms with E-state index in [4.69, 9.17) is 4.74 Å². The summed E-state index contributed by atoms with van der Waals surface area (Å²) in [5.74, 6) is -0.0399. The Morgan fingerprint density at radius 3 is 2.71 bits per heavy atom. The molecule has 5 nitrogen and oxygen atoms in total. The van der Waals surface area contributed by atoms with Crippen LogP contribution in [0.4, 0.5) is 0 Å². The fraction of sp³-hybridized carbons (Fsp3) is 0.917. The Balaban J connectivity index is 2.19. The third-order valence-corrected chi connectivity index (χ3v) is 3.41. The first-order valence-electron chi connectivity index (χ1n) is 6.38. The molecule has 0 aromatic rings. The molecule has 0 radical (unpaired) electrons. The Bertz CT molecular complexity index is 267. The number of nitro groups is 1. The lowest BCUT2D eigenvalue weighted by Crippen LogP contribution is -2.32. The summed E-state index contributed by atoms with van der Waals surface area (Å²) in [5, 5.41) is 10.9. The highest BCUT2D eigenvalue weighted by atomic mass is 16.6. The smallest absolute Gasteiger partial charge is 0.302 e. The second-order valence-electron chi connectivity index (χ2n) is 4.73. The van der Waals surface area contributed by atoms with E-state index < -0.39 is 0 Å². The van der Waals surface area contributed by atoms with Gasteiger partial charge in [-0.05, 0) is 32.1 Å². The number of hydrogen-bond donors (Lipinski definition) is 0. The Kier molecular flexibility index (Phi) is 5.94. The van der Waals surface area contributed by atoms with Crippen LogP contribution in [0.5, 0.6) is 0 Å². The van der Waals surface area contributed by atoms with Gasteiger partial charge in [-0.3, -0.25) is 14.9 Å². The van der Waals surface area contributed by atoms with Gasteiger partial charge in [0.05, 0.1) is 6.61 Å². The van der Waals surface area contributed by atoms with Crippen molar-refractivity contribution in [2.45, 2.75) is 57.9 Å². The molecule has 1 saturated carbocycles. The van der Waals surface area contributed by atoms with Crippen molar-refractivity contribution in [3.63, 3.8) is 0 Å². The molecule has 1 aliphatic carbocycles. The van der Waals surface area contributed by atoms with Crippen molar-refractivity contribution in [1.29, 1.82) is 0 Å². The number of nitrogens with zero attached hydrogens (tertiary/aromatic N) is 1. The molecule has 0 amide bonds. The summed E-state index contributed by atoms with van der Waals surface area (Å²) in [6, 6.07) is -0.350. The highest BCUT2D eigenvalue weighted by molar-refractivity contribution is 5.65. The van der Waals surface area contributed by atoms with Gasteiger partial charge in [-0.25, -0.2) is 0 Å². The molecule has 0 N–H and O–H groups in total. The lowest BCUT2D eigenvalue weighted by molar-refractivity contribution is -0.536. The van der Waals surface area contributed by atoms with Crippen LogP contribution in [0.2, 0.25) is 0 Å². The van der Waals surface area contributed by atoms with Crippen molar-refractivity contribution >= 4 is 5.97 Å². The molecule has 0 aromatic carbocycles. The van der Waals surface area contributed by atoms with Gasteiger partial charge < -0.3 is 4.74 Å². The molecule has 1 aliphatic rings. The number of carbonyl (C=O) groups is 1. The van der Waals surface area contributed by atoms with Crippen LogP contribution in [0.3, 0.4) is 0 Å². The molecule has 1 rings (SSSR count). The average molecular weight is 243 g/mol. The maximum atomic E-state index is 10.9. The van der Waals surface area contributed by atoms with Crippen molar-refractivity contribution in [3.05, 3.63) is 10.1 Å². The number of ether oxygens (including phenoxy) is 1. The maximum Gasteiger partial charge on any atom is 0.302 e. The van der Waals surface area contributed by atoms with E-state index in [9.17, 15) is 14.9 Å². The minimum absolute atomic E-state index is 0.115. The first-order valence-corrected chi connectivity index (χ1v) is 6.38. The largest absolute Gasteiger partial charge is 0.466 e. The second-order valence-corrected chi connectivity index (χ2v) is 4.73. The van der Waals surface area contributed by atoms with Gasteiger partial charge in [0.1, 0.15) is 0 Å². The van der Waals surface area contributed by atoms with Crippen LogP contribution in [-0.2, 0) is 9.53 Å². The molecule has 0 saturated heterocycles. The fourth-order valence-corrected chi connectivity index (χ4v) is 2.53. The van der Waals surface area contributed by atoms with Gasteiger partial charge in [0, 0.05) is 24.2 Å². The van der Waals surface area contributed by atoms with Crippen LogP contribution >= 0.6 is 0 Å². The zero-order valence-corrected chi connectivity index (χ0v) is 10.4. The summed E-state index contributed by atoms with van der Waals surface area (Å²) in [6.07, 6.45) is 6.38. The van der Waals surface area contributed by atoms with E-state index in [0.717, 1.165) is 44.9 Å². The van der Waals surface area contributed by atoms with E-state index >= 15 is 0 Å². The van der Waals surface area contributed by atoms with Crippen LogP contribution in [0, 0.1) is 16.0 Å². The van der Waals surface area contributed by atoms with Gasteiger partial charge in [0.15, 0.2) is 0 Å². The highest BCUT2D eigenvalue weighted by Gasteiger charge is 2.33. The van der Waals surface area contributed by atoms with Crippen molar-refractivity contribution in [2.75, 3.05) is 6.61 Å². The lowest BCUT2D eigenvalue weighted by Gasteiger charge is -2.25. The molecule has 1 fully saturated rings. The van der Waals surface area contributed by atoms with E-state index in [1.165, 1.54) is 6.92 Å². The van der Waals surface area contributed by atoms with Gasteiger partial charge >= 0.3 is 5.97 Å². The van der Waals surface area contributed by atoms with Crippen LogP contribution < -0.4 is 0 Å². The van der Waals surface area contributed by atoms with Gasteiger partial charge in [-0.2, -0.15) is 0 Å². The standard InChI is InChI=1S/C12H21NO4/c1-10(14)17-9-5-4-7-11-6-2-3-8-12(11)13(15)16/h11-12H,2-9H2,1H3/t11-,12+/m1/s1. The van der Waals surface area contributed by atoms with Crippen LogP contribution in [0.25, 0.3) is 0 Å². The quantitative estimate of drug-likeness (QED) is 0.311. The number of carbonyl (C=O) groups excluding carboxylic acids is 1. The summed E-state index contributed by atoms with van der Waals surface area (Å²) < 4.78 is 4.83. The second kappa shape index (κ2) is 7.25. The van der Waals surface area contributed by atoms with Crippen LogP contribution in [0.1, 0.15) is 51.9 Å². The molecule has 0 spiro atoms. The van der Waals surface area contributed by atoms with Gasteiger partial charge in [0.2, 0.25) is 6.04 Å². The normalized spacial score (nSPS) is 24.3. The maximum absolute atomic E-state index is 10.9. The first kappa shape index (κ1) is 13.9.